The lowest BCUT2D eigenvalue weighted by atomic mass is 10.2. The zero-order chi connectivity index (χ0) is 9.14. The average molecular weight is 174 g/mol. The Balaban J connectivity index is 2.61. The lowest BCUT2D eigenvalue weighted by Gasteiger charge is -2.29. The van der Waals surface area contributed by atoms with Crippen molar-refractivity contribution < 1.29 is 10.2 Å². The fourth-order valence-electron chi connectivity index (χ4n) is 1.81. The van der Waals surface area contributed by atoms with Crippen molar-refractivity contribution in [1.82, 2.24) is 10.0 Å². The van der Waals surface area contributed by atoms with Crippen molar-refractivity contribution in [3.63, 3.8) is 0 Å². The van der Waals surface area contributed by atoms with Gasteiger partial charge in [0.2, 0.25) is 0 Å². The van der Waals surface area contributed by atoms with Crippen molar-refractivity contribution >= 4 is 0 Å². The number of nitrogens with zero attached hydrogens (tertiary/aromatic N) is 2. The molecule has 0 aromatic rings. The molecule has 1 saturated heterocycles. The van der Waals surface area contributed by atoms with E-state index in [-0.39, 0.29) is 12.6 Å². The maximum atomic E-state index is 9.55. The Morgan fingerprint density at radius 1 is 1.33 bits per heavy atom. The molecule has 0 saturated carbocycles. The SMILES string of the molecule is CCN1C[C@H](O)[C@@H](CO)N1CC. The van der Waals surface area contributed by atoms with E-state index in [1.54, 1.807) is 0 Å². The van der Waals surface area contributed by atoms with Crippen molar-refractivity contribution in [3.8, 4) is 0 Å². The van der Waals surface area contributed by atoms with Crippen molar-refractivity contribution in [1.29, 1.82) is 0 Å². The monoisotopic (exact) mass is 174 g/mol. The average Bonchev–Trinajstić information content (AvgIpc) is 2.40. The number of rotatable bonds is 3. The van der Waals surface area contributed by atoms with Gasteiger partial charge in [-0.15, -0.1) is 0 Å². The molecule has 4 heteroatoms. The predicted molar refractivity (Wildman–Crippen MR) is 46.5 cm³/mol. The van der Waals surface area contributed by atoms with Gasteiger partial charge in [-0.1, -0.05) is 13.8 Å². The molecule has 1 rings (SSSR count). The fourth-order valence-corrected chi connectivity index (χ4v) is 1.81. The molecule has 0 unspecified atom stereocenters. The van der Waals surface area contributed by atoms with Gasteiger partial charge in [0.05, 0.1) is 18.8 Å². The first-order valence-corrected chi connectivity index (χ1v) is 4.55. The van der Waals surface area contributed by atoms with Gasteiger partial charge in [0.15, 0.2) is 0 Å². The molecule has 0 aromatic heterocycles. The van der Waals surface area contributed by atoms with Crippen LogP contribution in [0, 0.1) is 0 Å². The van der Waals surface area contributed by atoms with Crippen molar-refractivity contribution in [2.75, 3.05) is 26.2 Å². The normalized spacial score (nSPS) is 33.0. The van der Waals surface area contributed by atoms with Crippen LogP contribution in [-0.4, -0.2) is 58.6 Å². The van der Waals surface area contributed by atoms with E-state index in [0.29, 0.717) is 6.54 Å². The van der Waals surface area contributed by atoms with Gasteiger partial charge in [-0.25, -0.2) is 10.0 Å². The molecule has 0 aliphatic carbocycles. The third kappa shape index (κ3) is 1.61. The standard InChI is InChI=1S/C8H18N2O2/c1-3-9-5-8(12)7(6-11)10(9)4-2/h7-8,11-12H,3-6H2,1-2H3/t7-,8+/m1/s1. The zero-order valence-electron chi connectivity index (χ0n) is 7.77. The summed E-state index contributed by atoms with van der Waals surface area (Å²) in [5.74, 6) is 0. The number of hydrogen-bond acceptors (Lipinski definition) is 4. The first-order chi connectivity index (χ1) is 5.74. The number of aliphatic hydroxyl groups excluding tert-OH is 2. The highest BCUT2D eigenvalue weighted by Crippen LogP contribution is 2.17. The van der Waals surface area contributed by atoms with Crippen LogP contribution in [0.15, 0.2) is 0 Å². The molecule has 1 aliphatic rings. The third-order valence-electron chi connectivity index (χ3n) is 2.46. The van der Waals surface area contributed by atoms with E-state index in [4.69, 9.17) is 5.11 Å². The summed E-state index contributed by atoms with van der Waals surface area (Å²) in [5, 5.41) is 22.7. The number of hydrogen-bond donors (Lipinski definition) is 2. The molecule has 72 valence electrons. The maximum absolute atomic E-state index is 9.55. The van der Waals surface area contributed by atoms with E-state index < -0.39 is 6.10 Å². The Hall–Kier alpha value is -0.160. The second-order valence-electron chi connectivity index (χ2n) is 3.08. The molecule has 2 N–H and O–H groups in total. The number of aliphatic hydroxyl groups is 2. The van der Waals surface area contributed by atoms with Crippen LogP contribution in [0.2, 0.25) is 0 Å². The van der Waals surface area contributed by atoms with Crippen molar-refractivity contribution in [3.05, 3.63) is 0 Å². The summed E-state index contributed by atoms with van der Waals surface area (Å²) < 4.78 is 0. The van der Waals surface area contributed by atoms with Crippen LogP contribution in [0.1, 0.15) is 13.8 Å². The van der Waals surface area contributed by atoms with Gasteiger partial charge in [0.25, 0.3) is 0 Å². The third-order valence-corrected chi connectivity index (χ3v) is 2.46. The Kier molecular flexibility index (Phi) is 3.46. The Bertz CT molecular complexity index is 143. The van der Waals surface area contributed by atoms with Gasteiger partial charge in [0.1, 0.15) is 0 Å². The molecule has 1 aliphatic heterocycles. The minimum absolute atomic E-state index is 0.0332. The summed E-state index contributed by atoms with van der Waals surface area (Å²) in [7, 11) is 0. The van der Waals surface area contributed by atoms with Gasteiger partial charge < -0.3 is 10.2 Å². The predicted octanol–water partition coefficient (Wildman–Crippen LogP) is -0.719. The van der Waals surface area contributed by atoms with Crippen LogP contribution in [-0.2, 0) is 0 Å². The highest BCUT2D eigenvalue weighted by molar-refractivity contribution is 4.85. The van der Waals surface area contributed by atoms with Crippen LogP contribution in [0.3, 0.4) is 0 Å². The molecule has 4 nitrogen and oxygen atoms in total. The zero-order valence-corrected chi connectivity index (χ0v) is 7.77. The van der Waals surface area contributed by atoms with Crippen LogP contribution in [0.25, 0.3) is 0 Å². The molecule has 0 bridgehead atoms. The van der Waals surface area contributed by atoms with E-state index in [2.05, 4.69) is 11.9 Å². The molecule has 0 radical (unpaired) electrons. The number of likely N-dealkylation sites (N-methyl/N-ethyl adjacent to an activating group) is 2. The van der Waals surface area contributed by atoms with Gasteiger partial charge in [-0.3, -0.25) is 0 Å². The smallest absolute Gasteiger partial charge is 0.0872 e. The number of β-amino-alcohol motifs (C(OH)–C–C–N with tert-alkyl or cyclic N) is 1. The van der Waals surface area contributed by atoms with E-state index in [9.17, 15) is 5.11 Å². The van der Waals surface area contributed by atoms with Gasteiger partial charge in [-0.05, 0) is 0 Å². The second-order valence-corrected chi connectivity index (χ2v) is 3.08. The summed E-state index contributed by atoms with van der Waals surface area (Å²) in [6.45, 7) is 6.50. The van der Waals surface area contributed by atoms with E-state index in [1.165, 1.54) is 0 Å². The lowest BCUT2D eigenvalue weighted by molar-refractivity contribution is -0.0160. The second kappa shape index (κ2) is 4.18. The summed E-state index contributed by atoms with van der Waals surface area (Å²) in [6.07, 6.45) is -0.408. The van der Waals surface area contributed by atoms with Crippen molar-refractivity contribution in [2.24, 2.45) is 0 Å². The molecule has 0 amide bonds. The first-order valence-electron chi connectivity index (χ1n) is 4.55. The summed E-state index contributed by atoms with van der Waals surface area (Å²) in [5.41, 5.74) is 0. The molecular weight excluding hydrogens is 156 g/mol. The molecule has 0 aromatic carbocycles. The summed E-state index contributed by atoms with van der Waals surface area (Å²) in [4.78, 5) is 0. The Morgan fingerprint density at radius 3 is 2.42 bits per heavy atom. The van der Waals surface area contributed by atoms with Crippen LogP contribution < -0.4 is 0 Å². The van der Waals surface area contributed by atoms with Gasteiger partial charge in [0, 0.05) is 19.6 Å². The Morgan fingerprint density at radius 2 is 2.00 bits per heavy atom. The summed E-state index contributed by atoms with van der Waals surface area (Å²) >= 11 is 0. The highest BCUT2D eigenvalue weighted by atomic mass is 16.3. The highest BCUT2D eigenvalue weighted by Gasteiger charge is 2.36. The molecule has 1 fully saturated rings. The fraction of sp³-hybridized carbons (Fsp3) is 1.00. The van der Waals surface area contributed by atoms with E-state index in [0.717, 1.165) is 13.1 Å². The molecule has 0 spiro atoms. The summed E-state index contributed by atoms with van der Waals surface area (Å²) in [6, 6.07) is -0.102. The van der Waals surface area contributed by atoms with Gasteiger partial charge in [-0.2, -0.15) is 0 Å². The maximum Gasteiger partial charge on any atom is 0.0872 e. The minimum Gasteiger partial charge on any atom is -0.395 e. The molecule has 2 atom stereocenters. The minimum atomic E-state index is -0.408. The van der Waals surface area contributed by atoms with Crippen LogP contribution in [0.4, 0.5) is 0 Å². The lowest BCUT2D eigenvalue weighted by Crippen LogP contribution is -2.43. The quantitative estimate of drug-likeness (QED) is 0.593. The van der Waals surface area contributed by atoms with E-state index >= 15 is 0 Å². The molecular formula is C8H18N2O2. The van der Waals surface area contributed by atoms with E-state index in [1.807, 2.05) is 11.9 Å². The Labute approximate surface area is 73.4 Å². The first kappa shape index (κ1) is 9.92. The molecule has 12 heavy (non-hydrogen) atoms. The van der Waals surface area contributed by atoms with Crippen LogP contribution >= 0.6 is 0 Å². The van der Waals surface area contributed by atoms with Crippen LogP contribution in [0.5, 0.6) is 0 Å². The van der Waals surface area contributed by atoms with Gasteiger partial charge >= 0.3 is 0 Å². The largest absolute Gasteiger partial charge is 0.395 e. The van der Waals surface area contributed by atoms with Crippen molar-refractivity contribution in [2.45, 2.75) is 26.0 Å². The number of hydrazine groups is 1. The molecule has 1 heterocycles. The topological polar surface area (TPSA) is 46.9 Å².